The average Bonchev–Trinajstić information content (AvgIpc) is 3.09. The molecule has 1 aliphatic rings. The second-order valence-electron chi connectivity index (χ2n) is 8.24. The fourth-order valence-corrected chi connectivity index (χ4v) is 5.73. The molecule has 4 nitrogen and oxygen atoms in total. The van der Waals surface area contributed by atoms with Crippen molar-refractivity contribution in [2.24, 2.45) is 0 Å². The summed E-state index contributed by atoms with van der Waals surface area (Å²) in [4.78, 5) is 19.2. The van der Waals surface area contributed by atoms with Crippen molar-refractivity contribution in [3.8, 4) is 0 Å². The highest BCUT2D eigenvalue weighted by atomic mass is 35.5. The Balaban J connectivity index is 1.76. The SMILES string of the molecule is CCN1CCN([C@@H](c2ccccc2Cl)c2c(NC(=O)c3ccccc3)sc(C)c2C)CC1. The van der Waals surface area contributed by atoms with Gasteiger partial charge >= 0.3 is 0 Å². The molecular formula is C26H30ClN3OS. The molecule has 3 aromatic rings. The summed E-state index contributed by atoms with van der Waals surface area (Å²) in [7, 11) is 0. The number of amides is 1. The van der Waals surface area contributed by atoms with E-state index in [-0.39, 0.29) is 11.9 Å². The van der Waals surface area contributed by atoms with Crippen LogP contribution in [0.25, 0.3) is 0 Å². The van der Waals surface area contributed by atoms with Crippen LogP contribution in [0.4, 0.5) is 5.00 Å². The van der Waals surface area contributed by atoms with Gasteiger partial charge in [-0.05, 0) is 49.7 Å². The third kappa shape index (κ3) is 4.76. The van der Waals surface area contributed by atoms with Gasteiger partial charge < -0.3 is 10.2 Å². The van der Waals surface area contributed by atoms with Crippen LogP contribution in [0.1, 0.15) is 44.9 Å². The Hall–Kier alpha value is -2.18. The molecule has 6 heteroatoms. The molecule has 0 aliphatic carbocycles. The molecule has 1 fully saturated rings. The van der Waals surface area contributed by atoms with Gasteiger partial charge in [0.2, 0.25) is 0 Å². The van der Waals surface area contributed by atoms with Crippen molar-refractivity contribution in [2.45, 2.75) is 26.8 Å². The first-order valence-electron chi connectivity index (χ1n) is 11.2. The van der Waals surface area contributed by atoms with Crippen LogP contribution >= 0.6 is 22.9 Å². The van der Waals surface area contributed by atoms with Gasteiger partial charge in [0, 0.05) is 47.2 Å². The summed E-state index contributed by atoms with van der Waals surface area (Å²) in [5.74, 6) is -0.0817. The number of anilines is 1. The molecule has 0 radical (unpaired) electrons. The second-order valence-corrected chi connectivity index (χ2v) is 9.87. The predicted octanol–water partition coefficient (Wildman–Crippen LogP) is 6.00. The summed E-state index contributed by atoms with van der Waals surface area (Å²) in [6.45, 7) is 11.6. The molecule has 2 aromatic carbocycles. The van der Waals surface area contributed by atoms with Crippen LogP contribution in [0.3, 0.4) is 0 Å². The number of carbonyl (C=O) groups is 1. The first kappa shape index (κ1) is 23.0. The lowest BCUT2D eigenvalue weighted by Gasteiger charge is -2.40. The molecule has 0 bridgehead atoms. The van der Waals surface area contributed by atoms with Crippen molar-refractivity contribution in [3.05, 3.63) is 86.8 Å². The number of benzene rings is 2. The Kier molecular flexibility index (Phi) is 7.31. The number of nitrogens with one attached hydrogen (secondary N) is 1. The standard InChI is InChI=1S/C26H30ClN3OS/c1-4-29-14-16-30(17-15-29)24(21-12-8-9-13-22(21)27)23-18(2)19(3)32-26(23)28-25(31)20-10-6-5-7-11-20/h5-13,24H,4,14-17H2,1-3H3,(H,28,31)/t24-/m0/s1. The van der Waals surface area contributed by atoms with Gasteiger partial charge in [-0.1, -0.05) is 54.9 Å². The molecule has 32 heavy (non-hydrogen) atoms. The normalized spacial score (nSPS) is 16.1. The van der Waals surface area contributed by atoms with Crippen LogP contribution in [0.5, 0.6) is 0 Å². The highest BCUT2D eigenvalue weighted by Crippen LogP contribution is 2.44. The van der Waals surface area contributed by atoms with Gasteiger partial charge in [-0.2, -0.15) is 0 Å². The molecule has 1 aromatic heterocycles. The van der Waals surface area contributed by atoms with E-state index >= 15 is 0 Å². The predicted molar refractivity (Wildman–Crippen MR) is 135 cm³/mol. The van der Waals surface area contributed by atoms with Gasteiger partial charge in [0.1, 0.15) is 5.00 Å². The van der Waals surface area contributed by atoms with Crippen molar-refractivity contribution in [1.82, 2.24) is 9.80 Å². The minimum atomic E-state index is -0.0817. The monoisotopic (exact) mass is 467 g/mol. The lowest BCUT2D eigenvalue weighted by Crippen LogP contribution is -2.47. The van der Waals surface area contributed by atoms with Crippen molar-refractivity contribution in [3.63, 3.8) is 0 Å². The van der Waals surface area contributed by atoms with Gasteiger partial charge in [-0.25, -0.2) is 0 Å². The second kappa shape index (κ2) is 10.2. The molecule has 4 rings (SSSR count). The number of rotatable bonds is 6. The fraction of sp³-hybridized carbons (Fsp3) is 0.346. The maximum Gasteiger partial charge on any atom is 0.256 e. The molecule has 0 saturated carbocycles. The third-order valence-electron chi connectivity index (χ3n) is 6.39. The number of halogens is 1. The number of carbonyl (C=O) groups excluding carboxylic acids is 1. The van der Waals surface area contributed by atoms with E-state index in [1.807, 2.05) is 48.5 Å². The van der Waals surface area contributed by atoms with Gasteiger partial charge in [0.25, 0.3) is 5.91 Å². The Morgan fingerprint density at radius 1 is 1.03 bits per heavy atom. The van der Waals surface area contributed by atoms with Crippen molar-refractivity contribution in [1.29, 1.82) is 0 Å². The first-order chi connectivity index (χ1) is 15.5. The number of hydrogen-bond donors (Lipinski definition) is 1. The summed E-state index contributed by atoms with van der Waals surface area (Å²) in [5, 5.41) is 4.89. The molecule has 1 N–H and O–H groups in total. The molecule has 0 unspecified atom stereocenters. The van der Waals surface area contributed by atoms with E-state index in [1.165, 1.54) is 10.4 Å². The average molecular weight is 468 g/mol. The zero-order valence-electron chi connectivity index (χ0n) is 18.9. The number of thiophene rings is 1. The van der Waals surface area contributed by atoms with Gasteiger partial charge in [0.05, 0.1) is 6.04 Å². The zero-order chi connectivity index (χ0) is 22.7. The molecule has 1 amide bonds. The molecule has 1 atom stereocenters. The fourth-order valence-electron chi connectivity index (χ4n) is 4.40. The summed E-state index contributed by atoms with van der Waals surface area (Å²) >= 11 is 8.39. The Morgan fingerprint density at radius 2 is 1.69 bits per heavy atom. The summed E-state index contributed by atoms with van der Waals surface area (Å²) < 4.78 is 0. The Labute approximate surface area is 199 Å². The minimum Gasteiger partial charge on any atom is -0.313 e. The third-order valence-corrected chi connectivity index (χ3v) is 7.87. The summed E-state index contributed by atoms with van der Waals surface area (Å²) in [5.41, 5.74) is 4.14. The van der Waals surface area contributed by atoms with Crippen LogP contribution in [-0.2, 0) is 0 Å². The smallest absolute Gasteiger partial charge is 0.256 e. The van der Waals surface area contributed by atoms with Crippen LogP contribution in [0, 0.1) is 13.8 Å². The highest BCUT2D eigenvalue weighted by molar-refractivity contribution is 7.16. The maximum atomic E-state index is 13.0. The van der Waals surface area contributed by atoms with Crippen LogP contribution in [-0.4, -0.2) is 48.4 Å². The number of aryl methyl sites for hydroxylation is 1. The number of nitrogens with zero attached hydrogens (tertiary/aromatic N) is 2. The molecule has 0 spiro atoms. The van der Waals surface area contributed by atoms with Crippen molar-refractivity contribution >= 4 is 33.8 Å². The van der Waals surface area contributed by atoms with E-state index in [0.717, 1.165) is 53.9 Å². The van der Waals surface area contributed by atoms with E-state index in [4.69, 9.17) is 11.6 Å². The minimum absolute atomic E-state index is 0.00118. The highest BCUT2D eigenvalue weighted by Gasteiger charge is 2.32. The van der Waals surface area contributed by atoms with Crippen LogP contribution < -0.4 is 5.32 Å². The zero-order valence-corrected chi connectivity index (χ0v) is 20.5. The summed E-state index contributed by atoms with van der Waals surface area (Å²) in [6.07, 6.45) is 0. The van der Waals surface area contributed by atoms with Crippen molar-refractivity contribution < 1.29 is 4.79 Å². The molecule has 168 valence electrons. The topological polar surface area (TPSA) is 35.6 Å². The van der Waals surface area contributed by atoms with Gasteiger partial charge in [-0.15, -0.1) is 11.3 Å². The van der Waals surface area contributed by atoms with E-state index in [0.29, 0.717) is 5.56 Å². The van der Waals surface area contributed by atoms with Crippen LogP contribution in [0.2, 0.25) is 5.02 Å². The Morgan fingerprint density at radius 3 is 2.34 bits per heavy atom. The lowest BCUT2D eigenvalue weighted by molar-refractivity contribution is 0.102. The van der Waals surface area contributed by atoms with E-state index in [1.54, 1.807) is 11.3 Å². The number of likely N-dealkylation sites (N-methyl/N-ethyl adjacent to an activating group) is 1. The quantitative estimate of drug-likeness (QED) is 0.483. The maximum absolute atomic E-state index is 13.0. The molecule has 1 aliphatic heterocycles. The van der Waals surface area contributed by atoms with Crippen LogP contribution in [0.15, 0.2) is 54.6 Å². The van der Waals surface area contributed by atoms with E-state index in [9.17, 15) is 4.79 Å². The van der Waals surface area contributed by atoms with Crippen molar-refractivity contribution in [2.75, 3.05) is 38.0 Å². The number of piperazine rings is 1. The van der Waals surface area contributed by atoms with Gasteiger partial charge in [0.15, 0.2) is 0 Å². The van der Waals surface area contributed by atoms with Gasteiger partial charge in [-0.3, -0.25) is 9.69 Å². The number of hydrogen-bond acceptors (Lipinski definition) is 4. The largest absolute Gasteiger partial charge is 0.313 e. The molecular weight excluding hydrogens is 438 g/mol. The first-order valence-corrected chi connectivity index (χ1v) is 12.4. The van der Waals surface area contributed by atoms with E-state index < -0.39 is 0 Å². The van der Waals surface area contributed by atoms with E-state index in [2.05, 4.69) is 42.0 Å². The Bertz CT molecular complexity index is 1070. The molecule has 2 heterocycles. The molecule has 1 saturated heterocycles. The lowest BCUT2D eigenvalue weighted by atomic mass is 9.94. The summed E-state index contributed by atoms with van der Waals surface area (Å²) in [6, 6.07) is 17.5.